The first kappa shape index (κ1) is 13.7. The van der Waals surface area contributed by atoms with Gasteiger partial charge in [-0.05, 0) is 23.6 Å². The van der Waals surface area contributed by atoms with Crippen molar-refractivity contribution in [3.8, 4) is 0 Å². The molecule has 0 fully saturated rings. The minimum absolute atomic E-state index is 0.0170. The van der Waals surface area contributed by atoms with E-state index in [-0.39, 0.29) is 12.1 Å². The van der Waals surface area contributed by atoms with Crippen molar-refractivity contribution in [2.45, 2.75) is 6.10 Å². The smallest absolute Gasteiger partial charge is 0.256 e. The van der Waals surface area contributed by atoms with Gasteiger partial charge in [0, 0.05) is 11.9 Å². The Labute approximate surface area is 114 Å². The molecule has 1 heterocycles. The van der Waals surface area contributed by atoms with Gasteiger partial charge < -0.3 is 10.0 Å². The number of hydrogen-bond acceptors (Lipinski definition) is 3. The Kier molecular flexibility index (Phi) is 4.29. The van der Waals surface area contributed by atoms with Crippen LogP contribution in [0.3, 0.4) is 0 Å². The molecule has 2 rings (SSSR count). The van der Waals surface area contributed by atoms with Gasteiger partial charge in [0.1, 0.15) is 11.9 Å². The van der Waals surface area contributed by atoms with Crippen LogP contribution in [0.2, 0.25) is 0 Å². The quantitative estimate of drug-likeness (QED) is 0.934. The molecule has 0 spiro atoms. The minimum Gasteiger partial charge on any atom is -0.386 e. The molecule has 3 nitrogen and oxygen atoms in total. The molecule has 0 aliphatic carbocycles. The van der Waals surface area contributed by atoms with Crippen molar-refractivity contribution in [3.63, 3.8) is 0 Å². The molecule has 0 radical (unpaired) electrons. The van der Waals surface area contributed by atoms with Gasteiger partial charge >= 0.3 is 0 Å². The number of nitrogens with zero attached hydrogens (tertiary/aromatic N) is 1. The highest BCUT2D eigenvalue weighted by Crippen LogP contribution is 2.20. The number of aliphatic hydroxyl groups is 1. The van der Waals surface area contributed by atoms with Crippen LogP contribution in [0.5, 0.6) is 0 Å². The van der Waals surface area contributed by atoms with Crippen LogP contribution < -0.4 is 0 Å². The molecule has 0 saturated carbocycles. The average Bonchev–Trinajstić information content (AvgIpc) is 2.92. The van der Waals surface area contributed by atoms with Gasteiger partial charge in [-0.15, -0.1) is 11.3 Å². The Bertz CT molecular complexity index is 556. The van der Waals surface area contributed by atoms with Gasteiger partial charge in [-0.25, -0.2) is 4.39 Å². The molecule has 1 N–H and O–H groups in total. The van der Waals surface area contributed by atoms with Gasteiger partial charge in [0.15, 0.2) is 0 Å². The Balaban J connectivity index is 2.06. The molecule has 19 heavy (non-hydrogen) atoms. The van der Waals surface area contributed by atoms with Crippen molar-refractivity contribution in [1.82, 2.24) is 4.90 Å². The molecule has 0 aliphatic rings. The van der Waals surface area contributed by atoms with Gasteiger partial charge in [-0.3, -0.25) is 4.79 Å². The summed E-state index contributed by atoms with van der Waals surface area (Å²) in [6.45, 7) is 0.133. The van der Waals surface area contributed by atoms with E-state index in [1.807, 2.05) is 11.4 Å². The van der Waals surface area contributed by atoms with Crippen LogP contribution in [0, 0.1) is 5.82 Å². The SMILES string of the molecule is CN(CC(O)c1cccs1)C(=O)c1ccccc1F. The lowest BCUT2D eigenvalue weighted by atomic mass is 10.2. The standard InChI is InChI=1S/C14H14FNO2S/c1-16(9-12(17)13-7-4-8-19-13)14(18)10-5-2-3-6-11(10)15/h2-8,12,17H,9H2,1H3. The summed E-state index contributed by atoms with van der Waals surface area (Å²) < 4.78 is 13.5. The predicted octanol–water partition coefficient (Wildman–Crippen LogP) is 2.69. The first-order chi connectivity index (χ1) is 9.09. The molecule has 0 saturated heterocycles. The Morgan fingerprint density at radius 2 is 2.11 bits per heavy atom. The number of carbonyl (C=O) groups excluding carboxylic acids is 1. The summed E-state index contributed by atoms with van der Waals surface area (Å²) in [5, 5.41) is 11.8. The summed E-state index contributed by atoms with van der Waals surface area (Å²) in [7, 11) is 1.55. The lowest BCUT2D eigenvalue weighted by Crippen LogP contribution is -2.31. The van der Waals surface area contributed by atoms with Crippen LogP contribution in [-0.2, 0) is 0 Å². The first-order valence-electron chi connectivity index (χ1n) is 5.81. The van der Waals surface area contributed by atoms with E-state index in [9.17, 15) is 14.3 Å². The minimum atomic E-state index is -0.749. The molecule has 100 valence electrons. The predicted molar refractivity (Wildman–Crippen MR) is 72.6 cm³/mol. The number of amides is 1. The summed E-state index contributed by atoms with van der Waals surface area (Å²) in [6.07, 6.45) is -0.749. The van der Waals surface area contributed by atoms with E-state index >= 15 is 0 Å². The number of rotatable bonds is 4. The number of carbonyl (C=O) groups is 1. The second kappa shape index (κ2) is 5.95. The van der Waals surface area contributed by atoms with Crippen molar-refractivity contribution in [1.29, 1.82) is 0 Å². The maximum absolute atomic E-state index is 13.5. The first-order valence-corrected chi connectivity index (χ1v) is 6.69. The Hall–Kier alpha value is -1.72. The third-order valence-electron chi connectivity index (χ3n) is 2.77. The largest absolute Gasteiger partial charge is 0.386 e. The van der Waals surface area contributed by atoms with Crippen LogP contribution >= 0.6 is 11.3 Å². The van der Waals surface area contributed by atoms with Gasteiger partial charge in [0.05, 0.1) is 12.1 Å². The van der Waals surface area contributed by atoms with Crippen LogP contribution in [-0.4, -0.2) is 29.5 Å². The van der Waals surface area contributed by atoms with Gasteiger partial charge in [-0.1, -0.05) is 18.2 Å². The molecular weight excluding hydrogens is 265 g/mol. The van der Waals surface area contributed by atoms with Gasteiger partial charge in [-0.2, -0.15) is 0 Å². The van der Waals surface area contributed by atoms with E-state index in [4.69, 9.17) is 0 Å². The highest BCUT2D eigenvalue weighted by Gasteiger charge is 2.19. The summed E-state index contributed by atoms with van der Waals surface area (Å²) in [5.74, 6) is -0.987. The molecular formula is C14H14FNO2S. The molecule has 1 aromatic heterocycles. The number of hydrogen-bond donors (Lipinski definition) is 1. The second-order valence-corrected chi connectivity index (χ2v) is 5.18. The fourth-order valence-corrected chi connectivity index (χ4v) is 2.46. The Morgan fingerprint density at radius 1 is 1.37 bits per heavy atom. The van der Waals surface area contributed by atoms with Crippen molar-refractivity contribution in [2.24, 2.45) is 0 Å². The molecule has 0 bridgehead atoms. The number of thiophene rings is 1. The van der Waals surface area contributed by atoms with Crippen molar-refractivity contribution >= 4 is 17.2 Å². The third kappa shape index (κ3) is 3.19. The summed E-state index contributed by atoms with van der Waals surface area (Å²) >= 11 is 1.42. The molecule has 1 amide bonds. The number of halogens is 1. The van der Waals surface area contributed by atoms with Crippen LogP contribution in [0.15, 0.2) is 41.8 Å². The summed E-state index contributed by atoms with van der Waals surface area (Å²) in [6, 6.07) is 9.47. The van der Waals surface area contributed by atoms with Crippen LogP contribution in [0.25, 0.3) is 0 Å². The van der Waals surface area contributed by atoms with Crippen LogP contribution in [0.1, 0.15) is 21.3 Å². The van der Waals surface area contributed by atoms with Crippen molar-refractivity contribution in [3.05, 3.63) is 58.0 Å². The monoisotopic (exact) mass is 279 g/mol. The average molecular weight is 279 g/mol. The van der Waals surface area contributed by atoms with Gasteiger partial charge in [0.25, 0.3) is 5.91 Å². The zero-order chi connectivity index (χ0) is 13.8. The fourth-order valence-electron chi connectivity index (χ4n) is 1.75. The highest BCUT2D eigenvalue weighted by molar-refractivity contribution is 7.10. The van der Waals surface area contributed by atoms with E-state index in [1.54, 1.807) is 19.2 Å². The topological polar surface area (TPSA) is 40.5 Å². The number of aliphatic hydroxyl groups excluding tert-OH is 1. The van der Waals surface area contributed by atoms with E-state index in [1.165, 1.54) is 34.4 Å². The highest BCUT2D eigenvalue weighted by atomic mass is 32.1. The lowest BCUT2D eigenvalue weighted by molar-refractivity contribution is 0.0681. The molecule has 5 heteroatoms. The fraction of sp³-hybridized carbons (Fsp3) is 0.214. The molecule has 1 aromatic carbocycles. The zero-order valence-electron chi connectivity index (χ0n) is 10.4. The maximum atomic E-state index is 13.5. The summed E-state index contributed by atoms with van der Waals surface area (Å²) in [4.78, 5) is 14.2. The summed E-state index contributed by atoms with van der Waals surface area (Å²) in [5.41, 5.74) is 0.0170. The maximum Gasteiger partial charge on any atom is 0.256 e. The number of likely N-dealkylation sites (N-methyl/N-ethyl adjacent to an activating group) is 1. The molecule has 1 atom stereocenters. The van der Waals surface area contributed by atoms with Crippen molar-refractivity contribution in [2.75, 3.05) is 13.6 Å². The van der Waals surface area contributed by atoms with E-state index in [2.05, 4.69) is 0 Å². The van der Waals surface area contributed by atoms with Gasteiger partial charge in [0.2, 0.25) is 0 Å². The van der Waals surface area contributed by atoms with Crippen LogP contribution in [0.4, 0.5) is 4.39 Å². The third-order valence-corrected chi connectivity index (χ3v) is 3.74. The number of benzene rings is 1. The van der Waals surface area contributed by atoms with E-state index in [0.29, 0.717) is 0 Å². The second-order valence-electron chi connectivity index (χ2n) is 4.20. The lowest BCUT2D eigenvalue weighted by Gasteiger charge is -2.20. The van der Waals surface area contributed by atoms with E-state index in [0.717, 1.165) is 4.88 Å². The Morgan fingerprint density at radius 3 is 2.74 bits per heavy atom. The normalized spacial score (nSPS) is 12.2. The molecule has 1 unspecified atom stereocenters. The molecule has 0 aliphatic heterocycles. The zero-order valence-corrected chi connectivity index (χ0v) is 11.2. The molecule has 2 aromatic rings. The van der Waals surface area contributed by atoms with E-state index < -0.39 is 17.8 Å². The van der Waals surface area contributed by atoms with Crippen molar-refractivity contribution < 1.29 is 14.3 Å².